The summed E-state index contributed by atoms with van der Waals surface area (Å²) in [6.45, 7) is 5.72. The van der Waals surface area contributed by atoms with Crippen LogP contribution in [0.5, 0.6) is 0 Å². The minimum Gasteiger partial charge on any atom is -0.346 e. The Morgan fingerprint density at radius 1 is 1.32 bits per heavy atom. The molecule has 1 aromatic heterocycles. The van der Waals surface area contributed by atoms with Crippen LogP contribution in [0.2, 0.25) is 0 Å². The highest BCUT2D eigenvalue weighted by Crippen LogP contribution is 2.28. The second kappa shape index (κ2) is 5.27. The minimum atomic E-state index is -0.172. The van der Waals surface area contributed by atoms with E-state index >= 15 is 0 Å². The number of anilines is 1. The smallest absolute Gasteiger partial charge is 0.185 e. The van der Waals surface area contributed by atoms with Crippen molar-refractivity contribution in [3.8, 4) is 11.3 Å². The molecule has 3 rings (SSSR count). The summed E-state index contributed by atoms with van der Waals surface area (Å²) < 4.78 is 13.6. The Morgan fingerprint density at radius 3 is 2.84 bits per heavy atom. The summed E-state index contributed by atoms with van der Waals surface area (Å²) in [5, 5.41) is 6.35. The Balaban J connectivity index is 1.85. The van der Waals surface area contributed by atoms with Crippen LogP contribution in [0.3, 0.4) is 0 Å². The largest absolute Gasteiger partial charge is 0.346 e. The van der Waals surface area contributed by atoms with Crippen molar-refractivity contribution in [1.29, 1.82) is 0 Å². The lowest BCUT2D eigenvalue weighted by Gasteiger charge is -2.26. The Hall–Kier alpha value is -1.46. The van der Waals surface area contributed by atoms with E-state index in [1.807, 2.05) is 11.4 Å². The normalized spacial score (nSPS) is 15.8. The quantitative estimate of drug-likeness (QED) is 0.914. The molecule has 0 bridgehead atoms. The summed E-state index contributed by atoms with van der Waals surface area (Å²) in [5.74, 6) is -0.172. The van der Waals surface area contributed by atoms with Gasteiger partial charge in [0.2, 0.25) is 0 Å². The Bertz CT molecular complexity index is 576. The average Bonchev–Trinajstić information content (AvgIpc) is 2.93. The van der Waals surface area contributed by atoms with Crippen molar-refractivity contribution in [3.63, 3.8) is 0 Å². The standard InChI is InChI=1S/C14H16FN3S/c1-10-2-3-11(8-12(10)15)13-9-19-14(17-13)18-6-4-16-5-7-18/h2-3,8-9,16H,4-7H2,1H3. The van der Waals surface area contributed by atoms with E-state index in [4.69, 9.17) is 0 Å². The van der Waals surface area contributed by atoms with Gasteiger partial charge in [-0.05, 0) is 18.6 Å². The molecule has 1 aliphatic heterocycles. The maximum atomic E-state index is 13.6. The van der Waals surface area contributed by atoms with Gasteiger partial charge in [-0.2, -0.15) is 0 Å². The van der Waals surface area contributed by atoms with Crippen LogP contribution >= 0.6 is 11.3 Å². The lowest BCUT2D eigenvalue weighted by Crippen LogP contribution is -2.43. The summed E-state index contributed by atoms with van der Waals surface area (Å²) in [6, 6.07) is 5.29. The van der Waals surface area contributed by atoms with Gasteiger partial charge in [0.05, 0.1) is 5.69 Å². The fourth-order valence-corrected chi connectivity index (χ4v) is 3.04. The minimum absolute atomic E-state index is 0.172. The zero-order valence-corrected chi connectivity index (χ0v) is 11.6. The third-order valence-electron chi connectivity index (χ3n) is 3.35. The molecule has 2 heterocycles. The number of nitrogens with zero attached hydrogens (tertiary/aromatic N) is 2. The first kappa shape index (κ1) is 12.6. The van der Waals surface area contributed by atoms with Crippen molar-refractivity contribution >= 4 is 16.5 Å². The van der Waals surface area contributed by atoms with Crippen LogP contribution in [0, 0.1) is 12.7 Å². The molecule has 1 aromatic carbocycles. The molecule has 100 valence electrons. The second-order valence-electron chi connectivity index (χ2n) is 4.72. The van der Waals surface area contributed by atoms with Gasteiger partial charge >= 0.3 is 0 Å². The van der Waals surface area contributed by atoms with Crippen molar-refractivity contribution in [1.82, 2.24) is 10.3 Å². The molecular weight excluding hydrogens is 261 g/mol. The Morgan fingerprint density at radius 2 is 2.11 bits per heavy atom. The molecule has 3 nitrogen and oxygen atoms in total. The van der Waals surface area contributed by atoms with Gasteiger partial charge in [0, 0.05) is 37.1 Å². The molecule has 0 amide bonds. The van der Waals surface area contributed by atoms with E-state index in [9.17, 15) is 4.39 Å². The zero-order chi connectivity index (χ0) is 13.2. The molecule has 0 radical (unpaired) electrons. The van der Waals surface area contributed by atoms with E-state index < -0.39 is 0 Å². The van der Waals surface area contributed by atoms with Gasteiger partial charge in [-0.25, -0.2) is 9.37 Å². The first-order chi connectivity index (χ1) is 9.24. The van der Waals surface area contributed by atoms with Gasteiger partial charge < -0.3 is 10.2 Å². The summed E-state index contributed by atoms with van der Waals surface area (Å²) in [6.07, 6.45) is 0. The number of hydrogen-bond acceptors (Lipinski definition) is 4. The number of rotatable bonds is 2. The summed E-state index contributed by atoms with van der Waals surface area (Å²) in [7, 11) is 0. The molecule has 0 unspecified atom stereocenters. The lowest BCUT2D eigenvalue weighted by atomic mass is 10.1. The molecule has 1 saturated heterocycles. The number of hydrogen-bond donors (Lipinski definition) is 1. The van der Waals surface area contributed by atoms with Crippen LogP contribution < -0.4 is 10.2 Å². The van der Waals surface area contributed by atoms with E-state index in [0.717, 1.165) is 42.6 Å². The van der Waals surface area contributed by atoms with Crippen molar-refractivity contribution < 1.29 is 4.39 Å². The number of aromatic nitrogens is 1. The molecule has 0 atom stereocenters. The van der Waals surface area contributed by atoms with Crippen LogP contribution in [0.25, 0.3) is 11.3 Å². The number of aryl methyl sites for hydroxylation is 1. The fraction of sp³-hybridized carbons (Fsp3) is 0.357. The topological polar surface area (TPSA) is 28.2 Å². The van der Waals surface area contributed by atoms with Crippen LogP contribution in [0.4, 0.5) is 9.52 Å². The van der Waals surface area contributed by atoms with Crippen molar-refractivity contribution in [2.75, 3.05) is 31.1 Å². The summed E-state index contributed by atoms with van der Waals surface area (Å²) in [5.41, 5.74) is 2.37. The van der Waals surface area contributed by atoms with Crippen molar-refractivity contribution in [2.24, 2.45) is 0 Å². The van der Waals surface area contributed by atoms with E-state index in [1.54, 1.807) is 30.4 Å². The lowest BCUT2D eigenvalue weighted by molar-refractivity contribution is 0.588. The van der Waals surface area contributed by atoms with Crippen molar-refractivity contribution in [3.05, 3.63) is 35.0 Å². The Kier molecular flexibility index (Phi) is 3.48. The highest BCUT2D eigenvalue weighted by atomic mass is 32.1. The molecule has 2 aromatic rings. The first-order valence-corrected chi connectivity index (χ1v) is 7.30. The third kappa shape index (κ3) is 2.62. The molecule has 19 heavy (non-hydrogen) atoms. The number of nitrogens with one attached hydrogen (secondary N) is 1. The van der Waals surface area contributed by atoms with Gasteiger partial charge in [-0.3, -0.25) is 0 Å². The number of thiazole rings is 1. The predicted molar refractivity (Wildman–Crippen MR) is 77.3 cm³/mol. The van der Waals surface area contributed by atoms with Gasteiger partial charge in [0.25, 0.3) is 0 Å². The molecule has 0 aliphatic carbocycles. The van der Waals surface area contributed by atoms with Crippen LogP contribution in [-0.4, -0.2) is 31.2 Å². The van der Waals surface area contributed by atoms with E-state index in [2.05, 4.69) is 15.2 Å². The van der Waals surface area contributed by atoms with Crippen LogP contribution in [0.1, 0.15) is 5.56 Å². The molecular formula is C14H16FN3S. The Labute approximate surface area is 116 Å². The molecule has 0 spiro atoms. The second-order valence-corrected chi connectivity index (χ2v) is 5.55. The number of halogens is 1. The molecule has 1 fully saturated rings. The van der Waals surface area contributed by atoms with Gasteiger partial charge in [-0.15, -0.1) is 11.3 Å². The van der Waals surface area contributed by atoms with Gasteiger partial charge in [-0.1, -0.05) is 12.1 Å². The molecule has 5 heteroatoms. The van der Waals surface area contributed by atoms with Crippen LogP contribution in [0.15, 0.2) is 23.6 Å². The van der Waals surface area contributed by atoms with Crippen molar-refractivity contribution in [2.45, 2.75) is 6.92 Å². The molecule has 0 saturated carbocycles. The first-order valence-electron chi connectivity index (χ1n) is 6.42. The maximum Gasteiger partial charge on any atom is 0.185 e. The SMILES string of the molecule is Cc1ccc(-c2csc(N3CCNCC3)n2)cc1F. The highest BCUT2D eigenvalue weighted by Gasteiger charge is 2.14. The fourth-order valence-electron chi connectivity index (χ4n) is 2.15. The molecule has 1 aliphatic rings. The number of benzene rings is 1. The van der Waals surface area contributed by atoms with Gasteiger partial charge in [0.1, 0.15) is 5.82 Å². The third-order valence-corrected chi connectivity index (χ3v) is 4.25. The van der Waals surface area contributed by atoms with Gasteiger partial charge in [0.15, 0.2) is 5.13 Å². The summed E-state index contributed by atoms with van der Waals surface area (Å²) >= 11 is 1.63. The molecule has 1 N–H and O–H groups in total. The highest BCUT2D eigenvalue weighted by molar-refractivity contribution is 7.14. The maximum absolute atomic E-state index is 13.6. The zero-order valence-electron chi connectivity index (χ0n) is 10.8. The number of piperazine rings is 1. The van der Waals surface area contributed by atoms with E-state index in [1.165, 1.54) is 0 Å². The average molecular weight is 277 g/mol. The monoisotopic (exact) mass is 277 g/mol. The predicted octanol–water partition coefficient (Wildman–Crippen LogP) is 2.67. The van der Waals surface area contributed by atoms with E-state index in [-0.39, 0.29) is 5.82 Å². The van der Waals surface area contributed by atoms with E-state index in [0.29, 0.717) is 5.56 Å². The summed E-state index contributed by atoms with van der Waals surface area (Å²) in [4.78, 5) is 6.90. The van der Waals surface area contributed by atoms with Crippen LogP contribution in [-0.2, 0) is 0 Å².